The van der Waals surface area contributed by atoms with E-state index in [0.717, 1.165) is 31.6 Å². The van der Waals surface area contributed by atoms with Crippen molar-refractivity contribution in [1.29, 1.82) is 0 Å². The van der Waals surface area contributed by atoms with Crippen LogP contribution in [-0.4, -0.2) is 40.5 Å². The SMILES string of the molecule is CN1CCc2c(c3cnccc3n2CCNC(=O)Cc2ccccc2)C1. The van der Waals surface area contributed by atoms with Gasteiger partial charge in [0.05, 0.1) is 11.9 Å². The number of carbonyl (C=O) groups excluding carboxylic acids is 1. The molecule has 134 valence electrons. The third kappa shape index (κ3) is 3.35. The first-order chi connectivity index (χ1) is 12.7. The lowest BCUT2D eigenvalue weighted by Crippen LogP contribution is -2.30. The van der Waals surface area contributed by atoms with Gasteiger partial charge in [-0.25, -0.2) is 0 Å². The first kappa shape index (κ1) is 16.8. The van der Waals surface area contributed by atoms with Crippen LogP contribution in [0.2, 0.25) is 0 Å². The highest BCUT2D eigenvalue weighted by atomic mass is 16.1. The van der Waals surface area contributed by atoms with E-state index in [4.69, 9.17) is 0 Å². The largest absolute Gasteiger partial charge is 0.354 e. The van der Waals surface area contributed by atoms with Crippen molar-refractivity contribution in [3.63, 3.8) is 0 Å². The Hall–Kier alpha value is -2.66. The van der Waals surface area contributed by atoms with Crippen molar-refractivity contribution in [3.8, 4) is 0 Å². The number of nitrogens with one attached hydrogen (secondary N) is 1. The molecule has 4 rings (SSSR count). The fourth-order valence-electron chi connectivity index (χ4n) is 3.83. The molecule has 1 amide bonds. The van der Waals surface area contributed by atoms with Gasteiger partial charge in [0.15, 0.2) is 0 Å². The van der Waals surface area contributed by atoms with Crippen LogP contribution >= 0.6 is 0 Å². The topological polar surface area (TPSA) is 50.2 Å². The minimum absolute atomic E-state index is 0.0722. The average molecular weight is 348 g/mol. The molecule has 0 fully saturated rings. The maximum atomic E-state index is 12.2. The molecule has 5 nitrogen and oxygen atoms in total. The number of hydrogen-bond donors (Lipinski definition) is 1. The van der Waals surface area contributed by atoms with E-state index in [1.165, 1.54) is 22.2 Å². The standard InChI is InChI=1S/C21H24N4O/c1-24-11-8-20-18(15-24)17-14-22-9-7-19(17)25(20)12-10-23-21(26)13-16-5-3-2-4-6-16/h2-7,9,14H,8,10-13,15H2,1H3,(H,23,26). The molecule has 2 aromatic heterocycles. The van der Waals surface area contributed by atoms with E-state index >= 15 is 0 Å². The third-order valence-electron chi connectivity index (χ3n) is 5.11. The van der Waals surface area contributed by atoms with Gasteiger partial charge in [-0.15, -0.1) is 0 Å². The van der Waals surface area contributed by atoms with Crippen LogP contribution < -0.4 is 5.32 Å². The summed E-state index contributed by atoms with van der Waals surface area (Å²) < 4.78 is 2.36. The van der Waals surface area contributed by atoms with E-state index in [2.05, 4.69) is 32.9 Å². The summed E-state index contributed by atoms with van der Waals surface area (Å²) in [4.78, 5) is 18.9. The van der Waals surface area contributed by atoms with Crippen molar-refractivity contribution in [3.05, 3.63) is 65.6 Å². The Bertz CT molecular complexity index is 916. The maximum absolute atomic E-state index is 12.2. The van der Waals surface area contributed by atoms with Gasteiger partial charge in [-0.2, -0.15) is 0 Å². The Morgan fingerprint density at radius 2 is 2.08 bits per heavy atom. The van der Waals surface area contributed by atoms with Gasteiger partial charge in [-0.05, 0) is 24.2 Å². The summed E-state index contributed by atoms with van der Waals surface area (Å²) in [5.41, 5.74) is 5.04. The summed E-state index contributed by atoms with van der Waals surface area (Å²) in [7, 11) is 2.16. The summed E-state index contributed by atoms with van der Waals surface area (Å²) in [5.74, 6) is 0.0722. The quantitative estimate of drug-likeness (QED) is 0.770. The summed E-state index contributed by atoms with van der Waals surface area (Å²) >= 11 is 0. The number of likely N-dealkylation sites (N-methyl/N-ethyl adjacent to an activating group) is 1. The molecule has 0 saturated heterocycles. The molecule has 3 aromatic rings. The molecular formula is C21H24N4O. The van der Waals surface area contributed by atoms with Crippen molar-refractivity contribution in [2.45, 2.75) is 25.9 Å². The van der Waals surface area contributed by atoms with Gasteiger partial charge in [0.2, 0.25) is 5.91 Å². The highest BCUT2D eigenvalue weighted by molar-refractivity contribution is 5.85. The Morgan fingerprint density at radius 3 is 2.92 bits per heavy atom. The van der Waals surface area contributed by atoms with Crippen LogP contribution in [0.3, 0.4) is 0 Å². The van der Waals surface area contributed by atoms with Gasteiger partial charge in [0.25, 0.3) is 0 Å². The molecule has 0 spiro atoms. The van der Waals surface area contributed by atoms with Gasteiger partial charge >= 0.3 is 0 Å². The van der Waals surface area contributed by atoms with Crippen molar-refractivity contribution in [2.24, 2.45) is 0 Å². The second-order valence-electron chi connectivity index (χ2n) is 6.97. The summed E-state index contributed by atoms with van der Waals surface area (Å²) in [6.07, 6.45) is 5.29. The molecule has 0 saturated carbocycles. The van der Waals surface area contributed by atoms with Crippen LogP contribution in [0, 0.1) is 0 Å². The number of benzene rings is 1. The van der Waals surface area contributed by atoms with E-state index in [1.54, 1.807) is 0 Å². The number of fused-ring (bicyclic) bond motifs is 3. The fraction of sp³-hybridized carbons (Fsp3) is 0.333. The van der Waals surface area contributed by atoms with E-state index in [0.29, 0.717) is 13.0 Å². The maximum Gasteiger partial charge on any atom is 0.224 e. The number of hydrogen-bond acceptors (Lipinski definition) is 3. The van der Waals surface area contributed by atoms with Crippen LogP contribution in [0.25, 0.3) is 10.9 Å². The number of nitrogens with zero attached hydrogens (tertiary/aromatic N) is 3. The average Bonchev–Trinajstić information content (AvgIpc) is 2.96. The fourth-order valence-corrected chi connectivity index (χ4v) is 3.83. The lowest BCUT2D eigenvalue weighted by atomic mass is 10.1. The Labute approximate surface area is 153 Å². The number of rotatable bonds is 5. The van der Waals surface area contributed by atoms with Crippen molar-refractivity contribution in [2.75, 3.05) is 20.1 Å². The Kier molecular flexibility index (Phi) is 4.71. The van der Waals surface area contributed by atoms with E-state index in [-0.39, 0.29) is 5.91 Å². The first-order valence-corrected chi connectivity index (χ1v) is 9.15. The van der Waals surface area contributed by atoms with Gasteiger partial charge in [0, 0.05) is 56.1 Å². The predicted molar refractivity (Wildman–Crippen MR) is 103 cm³/mol. The van der Waals surface area contributed by atoms with Gasteiger partial charge < -0.3 is 14.8 Å². The first-order valence-electron chi connectivity index (χ1n) is 9.15. The van der Waals surface area contributed by atoms with Gasteiger partial charge in [-0.3, -0.25) is 9.78 Å². The molecular weight excluding hydrogens is 324 g/mol. The minimum Gasteiger partial charge on any atom is -0.354 e. The molecule has 1 aliphatic rings. The van der Waals surface area contributed by atoms with Crippen molar-refractivity contribution < 1.29 is 4.79 Å². The predicted octanol–water partition coefficient (Wildman–Crippen LogP) is 2.38. The van der Waals surface area contributed by atoms with E-state index in [1.807, 2.05) is 42.7 Å². The zero-order chi connectivity index (χ0) is 17.9. The van der Waals surface area contributed by atoms with Crippen LogP contribution in [-0.2, 0) is 30.7 Å². The second-order valence-corrected chi connectivity index (χ2v) is 6.97. The van der Waals surface area contributed by atoms with Crippen LogP contribution in [0.5, 0.6) is 0 Å². The lowest BCUT2D eigenvalue weighted by Gasteiger charge is -2.24. The lowest BCUT2D eigenvalue weighted by molar-refractivity contribution is -0.120. The molecule has 26 heavy (non-hydrogen) atoms. The molecule has 5 heteroatoms. The molecule has 0 aliphatic carbocycles. The monoisotopic (exact) mass is 348 g/mol. The summed E-state index contributed by atoms with van der Waals surface area (Å²) in [6.45, 7) is 3.46. The number of carbonyl (C=O) groups is 1. The van der Waals surface area contributed by atoms with Gasteiger partial charge in [0.1, 0.15) is 0 Å². The summed E-state index contributed by atoms with van der Waals surface area (Å²) in [5, 5.41) is 4.30. The molecule has 3 heterocycles. The van der Waals surface area contributed by atoms with Crippen LogP contribution in [0.1, 0.15) is 16.8 Å². The normalized spacial score (nSPS) is 14.3. The summed E-state index contributed by atoms with van der Waals surface area (Å²) in [6, 6.07) is 11.9. The van der Waals surface area contributed by atoms with Crippen LogP contribution in [0.15, 0.2) is 48.8 Å². The van der Waals surface area contributed by atoms with E-state index in [9.17, 15) is 4.79 Å². The molecule has 0 bridgehead atoms. The Morgan fingerprint density at radius 1 is 1.23 bits per heavy atom. The van der Waals surface area contributed by atoms with E-state index < -0.39 is 0 Å². The highest BCUT2D eigenvalue weighted by Gasteiger charge is 2.22. The van der Waals surface area contributed by atoms with Gasteiger partial charge in [-0.1, -0.05) is 30.3 Å². The number of amides is 1. The number of pyridine rings is 1. The molecule has 0 unspecified atom stereocenters. The number of aromatic nitrogens is 2. The van der Waals surface area contributed by atoms with Crippen molar-refractivity contribution >= 4 is 16.8 Å². The molecule has 1 N–H and O–H groups in total. The molecule has 1 aromatic carbocycles. The minimum atomic E-state index is 0.0722. The smallest absolute Gasteiger partial charge is 0.224 e. The third-order valence-corrected chi connectivity index (χ3v) is 5.11. The van der Waals surface area contributed by atoms with Crippen LogP contribution in [0.4, 0.5) is 0 Å². The highest BCUT2D eigenvalue weighted by Crippen LogP contribution is 2.29. The van der Waals surface area contributed by atoms with Crippen molar-refractivity contribution in [1.82, 2.24) is 19.8 Å². The Balaban J connectivity index is 1.47. The molecule has 1 aliphatic heterocycles. The second kappa shape index (κ2) is 7.30. The molecule has 0 radical (unpaired) electrons. The zero-order valence-corrected chi connectivity index (χ0v) is 15.1. The zero-order valence-electron chi connectivity index (χ0n) is 15.1. The molecule has 0 atom stereocenters.